The second-order valence-corrected chi connectivity index (χ2v) is 4.48. The van der Waals surface area contributed by atoms with Crippen LogP contribution in [0.3, 0.4) is 0 Å². The number of nitrogens with two attached hydrogens (primary N) is 1. The first-order valence-electron chi connectivity index (χ1n) is 5.39. The summed E-state index contributed by atoms with van der Waals surface area (Å²) in [6.45, 7) is 0.677. The number of rotatable bonds is 2. The van der Waals surface area contributed by atoms with E-state index in [4.69, 9.17) is 5.73 Å². The summed E-state index contributed by atoms with van der Waals surface area (Å²) in [4.78, 5) is 11.4. The minimum atomic E-state index is -4.34. The summed E-state index contributed by atoms with van der Waals surface area (Å²) >= 11 is 0. The van der Waals surface area contributed by atoms with Crippen LogP contribution in [-0.2, 0) is 4.79 Å². The van der Waals surface area contributed by atoms with Gasteiger partial charge >= 0.3 is 6.18 Å². The van der Waals surface area contributed by atoms with Gasteiger partial charge in [0.05, 0.1) is 0 Å². The van der Waals surface area contributed by atoms with E-state index in [0.29, 0.717) is 19.3 Å². The molecule has 0 aromatic carbocycles. The van der Waals surface area contributed by atoms with Crippen molar-refractivity contribution in [1.82, 2.24) is 5.32 Å². The minimum Gasteiger partial charge on any atom is -0.347 e. The molecule has 1 rings (SSSR count). The maximum absolute atomic E-state index is 11.9. The normalized spacial score (nSPS) is 31.2. The molecular weight excluding hydrogens is 221 g/mol. The van der Waals surface area contributed by atoms with Crippen LogP contribution in [0.1, 0.15) is 26.2 Å². The molecular formula is C10H17F3N2O. The molecule has 1 amide bonds. The van der Waals surface area contributed by atoms with Crippen molar-refractivity contribution in [3.63, 3.8) is 0 Å². The van der Waals surface area contributed by atoms with Crippen LogP contribution in [0.4, 0.5) is 13.2 Å². The van der Waals surface area contributed by atoms with Gasteiger partial charge in [0, 0.05) is 12.0 Å². The Balaban J connectivity index is 2.38. The lowest BCUT2D eigenvalue weighted by atomic mass is 9.79. The van der Waals surface area contributed by atoms with Crippen LogP contribution in [-0.4, -0.2) is 24.7 Å². The Labute approximate surface area is 92.6 Å². The van der Waals surface area contributed by atoms with Crippen molar-refractivity contribution in [1.29, 1.82) is 0 Å². The highest BCUT2D eigenvalue weighted by Crippen LogP contribution is 2.28. The second kappa shape index (κ2) is 5.03. The van der Waals surface area contributed by atoms with E-state index < -0.39 is 18.6 Å². The summed E-state index contributed by atoms with van der Waals surface area (Å²) < 4.78 is 35.7. The molecule has 3 N–H and O–H groups in total. The quantitative estimate of drug-likeness (QED) is 0.764. The van der Waals surface area contributed by atoms with Gasteiger partial charge in [0.15, 0.2) is 0 Å². The summed E-state index contributed by atoms with van der Waals surface area (Å²) in [5.41, 5.74) is 5.77. The largest absolute Gasteiger partial charge is 0.405 e. The molecule has 3 unspecified atom stereocenters. The zero-order chi connectivity index (χ0) is 12.3. The first kappa shape index (κ1) is 13.3. The van der Waals surface area contributed by atoms with E-state index in [-0.39, 0.29) is 17.9 Å². The Kier molecular flexibility index (Phi) is 4.18. The fourth-order valence-electron chi connectivity index (χ4n) is 1.99. The summed E-state index contributed by atoms with van der Waals surface area (Å²) in [6, 6.07) is 0.0617. The van der Waals surface area contributed by atoms with Crippen LogP contribution in [0.25, 0.3) is 0 Å². The molecule has 0 heterocycles. The van der Waals surface area contributed by atoms with Crippen LogP contribution < -0.4 is 11.1 Å². The molecule has 0 radical (unpaired) electrons. The predicted molar refractivity (Wildman–Crippen MR) is 53.5 cm³/mol. The van der Waals surface area contributed by atoms with Crippen LogP contribution in [0, 0.1) is 11.8 Å². The third-order valence-corrected chi connectivity index (χ3v) is 3.07. The lowest BCUT2D eigenvalue weighted by Gasteiger charge is -2.31. The fraction of sp³-hybridized carbons (Fsp3) is 0.900. The van der Waals surface area contributed by atoms with E-state index in [1.165, 1.54) is 0 Å². The van der Waals surface area contributed by atoms with Crippen molar-refractivity contribution in [3.05, 3.63) is 0 Å². The minimum absolute atomic E-state index is 0.0617. The van der Waals surface area contributed by atoms with E-state index in [0.717, 1.165) is 0 Å². The Hall–Kier alpha value is -0.780. The Bertz CT molecular complexity index is 255. The highest BCUT2D eigenvalue weighted by molar-refractivity contribution is 5.78. The summed E-state index contributed by atoms with van der Waals surface area (Å²) in [5, 5.41) is 1.92. The van der Waals surface area contributed by atoms with Crippen molar-refractivity contribution in [2.45, 2.75) is 38.4 Å². The van der Waals surface area contributed by atoms with E-state index in [2.05, 4.69) is 0 Å². The lowest BCUT2D eigenvalue weighted by molar-refractivity contribution is -0.141. The maximum Gasteiger partial charge on any atom is 0.405 e. The highest BCUT2D eigenvalue weighted by atomic mass is 19.4. The number of alkyl halides is 3. The van der Waals surface area contributed by atoms with Gasteiger partial charge in [-0.25, -0.2) is 0 Å². The smallest absolute Gasteiger partial charge is 0.347 e. The summed E-state index contributed by atoms with van der Waals surface area (Å²) in [6.07, 6.45) is -2.49. The molecule has 94 valence electrons. The molecule has 0 aliphatic heterocycles. The van der Waals surface area contributed by atoms with Gasteiger partial charge < -0.3 is 11.1 Å². The van der Waals surface area contributed by atoms with Crippen molar-refractivity contribution >= 4 is 5.91 Å². The van der Waals surface area contributed by atoms with Gasteiger partial charge in [0.25, 0.3) is 0 Å². The fourth-order valence-corrected chi connectivity index (χ4v) is 1.99. The van der Waals surface area contributed by atoms with Gasteiger partial charge in [0.1, 0.15) is 6.54 Å². The molecule has 3 atom stereocenters. The molecule has 3 nitrogen and oxygen atoms in total. The van der Waals surface area contributed by atoms with Gasteiger partial charge in [-0.15, -0.1) is 0 Å². The number of hydrogen-bond acceptors (Lipinski definition) is 2. The van der Waals surface area contributed by atoms with Crippen molar-refractivity contribution in [2.75, 3.05) is 6.54 Å². The molecule has 0 aromatic rings. The molecule has 0 aromatic heterocycles. The van der Waals surface area contributed by atoms with Gasteiger partial charge in [-0.05, 0) is 25.2 Å². The summed E-state index contributed by atoms with van der Waals surface area (Å²) in [5.74, 6) is -0.636. The third kappa shape index (κ3) is 4.00. The number of carbonyl (C=O) groups excluding carboxylic acids is 1. The number of nitrogens with one attached hydrogen (secondary N) is 1. The number of amides is 1. The first-order valence-corrected chi connectivity index (χ1v) is 5.39. The third-order valence-electron chi connectivity index (χ3n) is 3.07. The molecule has 1 saturated carbocycles. The van der Waals surface area contributed by atoms with Crippen molar-refractivity contribution in [2.24, 2.45) is 17.6 Å². The molecule has 1 aliphatic rings. The monoisotopic (exact) mass is 238 g/mol. The summed E-state index contributed by atoms with van der Waals surface area (Å²) in [7, 11) is 0. The number of hydrogen-bond donors (Lipinski definition) is 2. The highest BCUT2D eigenvalue weighted by Gasteiger charge is 2.32. The zero-order valence-electron chi connectivity index (χ0n) is 9.18. The topological polar surface area (TPSA) is 55.1 Å². The van der Waals surface area contributed by atoms with Crippen molar-refractivity contribution in [3.8, 4) is 0 Å². The molecule has 0 saturated heterocycles. The first-order chi connectivity index (χ1) is 7.29. The average molecular weight is 238 g/mol. The molecule has 1 aliphatic carbocycles. The van der Waals surface area contributed by atoms with Crippen molar-refractivity contribution < 1.29 is 18.0 Å². The Morgan fingerprint density at radius 3 is 2.56 bits per heavy atom. The standard InChI is InChI=1S/C10H17F3N2O/c1-6-4-7(2-3-8(6)14)9(16)15-5-10(11,12)13/h6-8H,2-5,14H2,1H3,(H,15,16). The number of carbonyl (C=O) groups is 1. The number of halogens is 3. The van der Waals surface area contributed by atoms with E-state index >= 15 is 0 Å². The van der Waals surface area contributed by atoms with Gasteiger partial charge in [-0.3, -0.25) is 4.79 Å². The van der Waals surface area contributed by atoms with Gasteiger partial charge in [-0.1, -0.05) is 6.92 Å². The Morgan fingerprint density at radius 1 is 1.44 bits per heavy atom. The van der Waals surface area contributed by atoms with Crippen LogP contribution >= 0.6 is 0 Å². The predicted octanol–water partition coefficient (Wildman–Crippen LogP) is 1.43. The van der Waals surface area contributed by atoms with E-state index in [1.54, 1.807) is 0 Å². The van der Waals surface area contributed by atoms with Crippen LogP contribution in [0.5, 0.6) is 0 Å². The maximum atomic E-state index is 11.9. The second-order valence-electron chi connectivity index (χ2n) is 4.48. The molecule has 0 bridgehead atoms. The molecule has 1 fully saturated rings. The molecule has 0 spiro atoms. The van der Waals surface area contributed by atoms with E-state index in [1.807, 2.05) is 12.2 Å². The Morgan fingerprint density at radius 2 is 2.06 bits per heavy atom. The van der Waals surface area contributed by atoms with Gasteiger partial charge in [0.2, 0.25) is 5.91 Å². The average Bonchev–Trinajstić information content (AvgIpc) is 2.17. The van der Waals surface area contributed by atoms with Gasteiger partial charge in [-0.2, -0.15) is 13.2 Å². The zero-order valence-corrected chi connectivity index (χ0v) is 9.18. The SMILES string of the molecule is CC1CC(C(=O)NCC(F)(F)F)CCC1N. The van der Waals surface area contributed by atoms with Crippen LogP contribution in [0.15, 0.2) is 0 Å². The van der Waals surface area contributed by atoms with E-state index in [9.17, 15) is 18.0 Å². The lowest BCUT2D eigenvalue weighted by Crippen LogP contribution is -2.42. The molecule has 6 heteroatoms. The molecule has 16 heavy (non-hydrogen) atoms. The van der Waals surface area contributed by atoms with Crippen LogP contribution in [0.2, 0.25) is 0 Å².